The third-order valence-corrected chi connectivity index (χ3v) is 4.37. The summed E-state index contributed by atoms with van der Waals surface area (Å²) in [6, 6.07) is 18.1. The van der Waals surface area contributed by atoms with E-state index in [1.165, 1.54) is 5.56 Å². The van der Waals surface area contributed by atoms with Crippen LogP contribution in [0, 0.1) is 0 Å². The monoisotopic (exact) mass is 361 g/mol. The van der Waals surface area contributed by atoms with Crippen LogP contribution in [0.3, 0.4) is 0 Å². The second-order valence-corrected chi connectivity index (χ2v) is 6.47. The highest BCUT2D eigenvalue weighted by atomic mass is 79.9. The fourth-order valence-corrected chi connectivity index (χ4v) is 2.74. The highest BCUT2D eigenvalue weighted by Gasteiger charge is 2.24. The fourth-order valence-electron chi connectivity index (χ4n) is 2.48. The molecule has 0 aliphatic rings. The molecule has 3 nitrogen and oxygen atoms in total. The summed E-state index contributed by atoms with van der Waals surface area (Å²) in [6.07, 6.45) is 0. The van der Waals surface area contributed by atoms with Crippen molar-refractivity contribution in [1.82, 2.24) is 0 Å². The number of likely N-dealkylation sites (N-methyl/N-ethyl adjacent to an activating group) is 1. The number of rotatable bonds is 5. The van der Waals surface area contributed by atoms with E-state index in [9.17, 15) is 4.79 Å². The average Bonchev–Trinajstić information content (AvgIpc) is 2.54. The van der Waals surface area contributed by atoms with Gasteiger partial charge >= 0.3 is 0 Å². The number of carbonyl (C=O) groups excluding carboxylic acids is 1. The average molecular weight is 362 g/mol. The molecule has 0 unspecified atom stereocenters. The van der Waals surface area contributed by atoms with Gasteiger partial charge in [-0.2, -0.15) is 0 Å². The van der Waals surface area contributed by atoms with Crippen LogP contribution in [0.1, 0.15) is 25.5 Å². The Bertz CT molecular complexity index is 613. The SMILES string of the molecule is C[C@@H]([NH2+][C@H](C)c1ccc(Br)cc1)C(=O)N(C)c1ccccc1. The molecule has 0 fully saturated rings. The van der Waals surface area contributed by atoms with E-state index in [1.807, 2.05) is 56.4 Å². The predicted molar refractivity (Wildman–Crippen MR) is 93.8 cm³/mol. The Morgan fingerprint density at radius 1 is 1.05 bits per heavy atom. The number of nitrogens with zero attached hydrogens (tertiary/aromatic N) is 1. The lowest BCUT2D eigenvalue weighted by Gasteiger charge is -2.22. The molecule has 22 heavy (non-hydrogen) atoms. The van der Waals surface area contributed by atoms with E-state index in [1.54, 1.807) is 4.90 Å². The Morgan fingerprint density at radius 2 is 1.64 bits per heavy atom. The normalized spacial score (nSPS) is 13.5. The van der Waals surface area contributed by atoms with Gasteiger partial charge in [-0.15, -0.1) is 0 Å². The first kappa shape index (κ1) is 16.7. The van der Waals surface area contributed by atoms with Gasteiger partial charge in [0.1, 0.15) is 6.04 Å². The summed E-state index contributed by atoms with van der Waals surface area (Å²) >= 11 is 3.44. The predicted octanol–water partition coefficient (Wildman–Crippen LogP) is 3.13. The van der Waals surface area contributed by atoms with Gasteiger partial charge in [0.05, 0.1) is 0 Å². The van der Waals surface area contributed by atoms with Crippen molar-refractivity contribution in [2.24, 2.45) is 0 Å². The van der Waals surface area contributed by atoms with Gasteiger partial charge in [-0.25, -0.2) is 0 Å². The summed E-state index contributed by atoms with van der Waals surface area (Å²) < 4.78 is 1.07. The lowest BCUT2D eigenvalue weighted by atomic mass is 10.1. The zero-order chi connectivity index (χ0) is 16.1. The molecule has 2 aromatic carbocycles. The number of anilines is 1. The molecule has 4 heteroatoms. The maximum Gasteiger partial charge on any atom is 0.284 e. The minimum atomic E-state index is -0.135. The Hall–Kier alpha value is -1.65. The molecular formula is C18H22BrN2O+. The second-order valence-electron chi connectivity index (χ2n) is 5.55. The quantitative estimate of drug-likeness (QED) is 0.872. The van der Waals surface area contributed by atoms with E-state index in [2.05, 4.69) is 40.3 Å². The Morgan fingerprint density at radius 3 is 2.23 bits per heavy atom. The molecule has 2 N–H and O–H groups in total. The lowest BCUT2D eigenvalue weighted by molar-refractivity contribution is -0.710. The number of hydrogen-bond acceptors (Lipinski definition) is 1. The molecule has 0 saturated heterocycles. The summed E-state index contributed by atoms with van der Waals surface area (Å²) in [5.74, 6) is 0.107. The first-order chi connectivity index (χ1) is 10.5. The topological polar surface area (TPSA) is 36.9 Å². The molecule has 0 aromatic heterocycles. The molecule has 0 saturated carbocycles. The van der Waals surface area contributed by atoms with Crippen LogP contribution in [0.25, 0.3) is 0 Å². The Kier molecular flexibility index (Phi) is 5.75. The summed E-state index contributed by atoms with van der Waals surface area (Å²) in [6.45, 7) is 4.08. The van der Waals surface area contributed by atoms with Crippen molar-refractivity contribution in [2.45, 2.75) is 25.9 Å². The molecule has 0 heterocycles. The molecule has 0 bridgehead atoms. The van der Waals surface area contributed by atoms with Crippen molar-refractivity contribution >= 4 is 27.5 Å². The summed E-state index contributed by atoms with van der Waals surface area (Å²) in [7, 11) is 1.83. The van der Waals surface area contributed by atoms with Gasteiger partial charge in [-0.05, 0) is 38.1 Å². The maximum absolute atomic E-state index is 12.6. The van der Waals surface area contributed by atoms with Crippen LogP contribution in [0.5, 0.6) is 0 Å². The van der Waals surface area contributed by atoms with Crippen LogP contribution < -0.4 is 10.2 Å². The van der Waals surface area contributed by atoms with Gasteiger partial charge in [0.15, 0.2) is 6.04 Å². The standard InChI is InChI=1S/C18H21BrN2O/c1-13(15-9-11-16(19)12-10-15)20-14(2)18(22)21(3)17-7-5-4-6-8-17/h4-14,20H,1-3H3/p+1/t13-,14-/m1/s1. The lowest BCUT2D eigenvalue weighted by Crippen LogP contribution is -2.92. The maximum atomic E-state index is 12.6. The number of para-hydroxylation sites is 1. The van der Waals surface area contributed by atoms with Crippen molar-refractivity contribution in [3.05, 3.63) is 64.6 Å². The van der Waals surface area contributed by atoms with Crippen LogP contribution in [-0.2, 0) is 4.79 Å². The van der Waals surface area contributed by atoms with Gasteiger partial charge in [0, 0.05) is 22.8 Å². The van der Waals surface area contributed by atoms with E-state index < -0.39 is 0 Å². The van der Waals surface area contributed by atoms with E-state index >= 15 is 0 Å². The van der Waals surface area contributed by atoms with Gasteiger partial charge in [0.2, 0.25) is 0 Å². The summed E-state index contributed by atoms with van der Waals surface area (Å²) in [4.78, 5) is 14.3. The Balaban J connectivity index is 2.00. The minimum absolute atomic E-state index is 0.107. The van der Waals surface area contributed by atoms with Gasteiger partial charge in [-0.3, -0.25) is 4.79 Å². The zero-order valence-corrected chi connectivity index (χ0v) is 14.7. The zero-order valence-electron chi connectivity index (χ0n) is 13.2. The number of nitrogens with two attached hydrogens (primary N) is 1. The van der Waals surface area contributed by atoms with Crippen LogP contribution in [0.15, 0.2) is 59.1 Å². The molecule has 0 spiro atoms. The van der Waals surface area contributed by atoms with Gasteiger partial charge < -0.3 is 10.2 Å². The van der Waals surface area contributed by atoms with Crippen molar-refractivity contribution in [3.63, 3.8) is 0 Å². The fraction of sp³-hybridized carbons (Fsp3) is 0.278. The number of quaternary nitrogens is 1. The number of benzene rings is 2. The number of carbonyl (C=O) groups is 1. The van der Waals surface area contributed by atoms with Crippen molar-refractivity contribution in [2.75, 3.05) is 11.9 Å². The number of halogens is 1. The minimum Gasteiger partial charge on any atom is -0.330 e. The third kappa shape index (κ3) is 4.18. The highest BCUT2D eigenvalue weighted by molar-refractivity contribution is 9.10. The van der Waals surface area contributed by atoms with Gasteiger partial charge in [0.25, 0.3) is 5.91 Å². The largest absolute Gasteiger partial charge is 0.330 e. The molecule has 116 valence electrons. The molecule has 0 radical (unpaired) electrons. The molecule has 2 aromatic rings. The molecule has 1 amide bonds. The molecule has 0 aliphatic carbocycles. The first-order valence-corrected chi connectivity index (χ1v) is 8.21. The van der Waals surface area contributed by atoms with Crippen LogP contribution >= 0.6 is 15.9 Å². The van der Waals surface area contributed by atoms with E-state index in [-0.39, 0.29) is 18.0 Å². The van der Waals surface area contributed by atoms with Crippen molar-refractivity contribution in [3.8, 4) is 0 Å². The molecule has 0 aliphatic heterocycles. The van der Waals surface area contributed by atoms with Gasteiger partial charge in [-0.1, -0.05) is 46.3 Å². The number of amides is 1. The van der Waals surface area contributed by atoms with Crippen LogP contribution in [-0.4, -0.2) is 19.0 Å². The smallest absolute Gasteiger partial charge is 0.284 e. The Labute approximate surface area is 140 Å². The highest BCUT2D eigenvalue weighted by Crippen LogP contribution is 2.15. The second kappa shape index (κ2) is 7.56. The molecule has 2 atom stereocenters. The molecule has 2 rings (SSSR count). The van der Waals surface area contributed by atoms with Crippen LogP contribution in [0.4, 0.5) is 5.69 Å². The first-order valence-electron chi connectivity index (χ1n) is 7.42. The van der Waals surface area contributed by atoms with E-state index in [0.717, 1.165) is 10.2 Å². The summed E-state index contributed by atoms with van der Waals surface area (Å²) in [5, 5.41) is 2.10. The van der Waals surface area contributed by atoms with E-state index in [0.29, 0.717) is 0 Å². The van der Waals surface area contributed by atoms with E-state index in [4.69, 9.17) is 0 Å². The van der Waals surface area contributed by atoms with Crippen LogP contribution in [0.2, 0.25) is 0 Å². The third-order valence-electron chi connectivity index (χ3n) is 3.84. The van der Waals surface area contributed by atoms with Crippen molar-refractivity contribution < 1.29 is 10.1 Å². The van der Waals surface area contributed by atoms with Crippen molar-refractivity contribution in [1.29, 1.82) is 0 Å². The summed E-state index contributed by atoms with van der Waals surface area (Å²) in [5.41, 5.74) is 2.13. The molecular weight excluding hydrogens is 340 g/mol. The number of hydrogen-bond donors (Lipinski definition) is 1.